The maximum Gasteiger partial charge on any atom is 0.247 e. The number of carbonyl (C=O) groups is 1. The van der Waals surface area contributed by atoms with Crippen LogP contribution in [0, 0.1) is 0 Å². The first kappa shape index (κ1) is 14.9. The summed E-state index contributed by atoms with van der Waals surface area (Å²) >= 11 is 1.68. The molecule has 24 heavy (non-hydrogen) atoms. The second kappa shape index (κ2) is 6.45. The molecule has 0 bridgehead atoms. The van der Waals surface area contributed by atoms with Gasteiger partial charge in [0.05, 0.1) is 18.5 Å². The van der Waals surface area contributed by atoms with Crippen LogP contribution in [0.3, 0.4) is 0 Å². The van der Waals surface area contributed by atoms with E-state index in [1.165, 1.54) is 4.88 Å². The summed E-state index contributed by atoms with van der Waals surface area (Å²) in [4.78, 5) is 20.1. The van der Waals surface area contributed by atoms with Crippen LogP contribution < -0.4 is 0 Å². The average molecular weight is 336 g/mol. The third kappa shape index (κ3) is 3.03. The van der Waals surface area contributed by atoms with E-state index >= 15 is 0 Å². The van der Waals surface area contributed by atoms with Crippen LogP contribution in [0.15, 0.2) is 59.2 Å². The second-order valence-corrected chi connectivity index (χ2v) is 6.70. The van der Waals surface area contributed by atoms with Gasteiger partial charge in [-0.15, -0.1) is 11.3 Å². The molecule has 0 aliphatic carbocycles. The number of furan rings is 1. The topological polar surface area (TPSA) is 46.3 Å². The fourth-order valence-corrected chi connectivity index (χ4v) is 3.86. The van der Waals surface area contributed by atoms with E-state index in [-0.39, 0.29) is 5.91 Å². The van der Waals surface area contributed by atoms with Gasteiger partial charge in [0, 0.05) is 29.5 Å². The molecule has 3 aromatic rings. The summed E-state index contributed by atoms with van der Waals surface area (Å²) in [5.41, 5.74) is 2.26. The van der Waals surface area contributed by atoms with E-state index in [4.69, 9.17) is 9.40 Å². The number of amides is 1. The number of carbonyl (C=O) groups excluding carboxylic acids is 1. The molecular weight excluding hydrogens is 320 g/mol. The molecule has 120 valence electrons. The molecule has 3 heterocycles. The number of benzene rings is 1. The van der Waals surface area contributed by atoms with E-state index in [1.54, 1.807) is 35.8 Å². The number of thiazole rings is 1. The molecule has 0 fully saturated rings. The van der Waals surface area contributed by atoms with Gasteiger partial charge in [0.25, 0.3) is 0 Å². The van der Waals surface area contributed by atoms with Crippen LogP contribution in [0.2, 0.25) is 0 Å². The van der Waals surface area contributed by atoms with Crippen molar-refractivity contribution in [3.63, 3.8) is 0 Å². The van der Waals surface area contributed by atoms with Crippen molar-refractivity contribution in [2.45, 2.75) is 13.0 Å². The predicted molar refractivity (Wildman–Crippen MR) is 94.4 cm³/mol. The Bertz CT molecular complexity index is 866. The molecule has 0 N–H and O–H groups in total. The Kier molecular flexibility index (Phi) is 4.01. The summed E-state index contributed by atoms with van der Waals surface area (Å²) < 4.78 is 5.21. The van der Waals surface area contributed by atoms with Gasteiger partial charge in [-0.05, 0) is 18.2 Å². The van der Waals surface area contributed by atoms with Crippen molar-refractivity contribution in [1.82, 2.24) is 9.88 Å². The van der Waals surface area contributed by atoms with Gasteiger partial charge in [-0.2, -0.15) is 0 Å². The van der Waals surface area contributed by atoms with Gasteiger partial charge < -0.3 is 9.32 Å². The Morgan fingerprint density at radius 2 is 2.08 bits per heavy atom. The summed E-state index contributed by atoms with van der Waals surface area (Å²) in [6.45, 7) is 1.33. The molecule has 5 heteroatoms. The molecule has 0 atom stereocenters. The summed E-state index contributed by atoms with van der Waals surface area (Å²) in [5.74, 6) is 0.692. The first-order valence-electron chi connectivity index (χ1n) is 7.84. The highest BCUT2D eigenvalue weighted by Crippen LogP contribution is 2.31. The van der Waals surface area contributed by atoms with Crippen molar-refractivity contribution in [2.24, 2.45) is 0 Å². The number of aromatic nitrogens is 1. The van der Waals surface area contributed by atoms with Crippen LogP contribution in [0.5, 0.6) is 0 Å². The fourth-order valence-electron chi connectivity index (χ4n) is 2.73. The van der Waals surface area contributed by atoms with Crippen LogP contribution in [0.1, 0.15) is 16.3 Å². The van der Waals surface area contributed by atoms with Crippen molar-refractivity contribution in [3.8, 4) is 10.6 Å². The SMILES string of the molecule is O=C(C=Cc1ccco1)N1CCc2nc(-c3ccccc3)sc2C1. The molecule has 1 aliphatic heterocycles. The third-order valence-electron chi connectivity index (χ3n) is 4.00. The molecule has 4 rings (SSSR count). The fraction of sp³-hybridized carbons (Fsp3) is 0.158. The molecular formula is C19H16N2O2S. The van der Waals surface area contributed by atoms with E-state index in [2.05, 4.69) is 12.1 Å². The zero-order valence-electron chi connectivity index (χ0n) is 13.0. The largest absolute Gasteiger partial charge is 0.465 e. The monoisotopic (exact) mass is 336 g/mol. The minimum Gasteiger partial charge on any atom is -0.465 e. The Balaban J connectivity index is 1.49. The minimum atomic E-state index is 0.00621. The van der Waals surface area contributed by atoms with Crippen LogP contribution in [-0.4, -0.2) is 22.3 Å². The van der Waals surface area contributed by atoms with Crippen molar-refractivity contribution >= 4 is 23.3 Å². The van der Waals surface area contributed by atoms with Crippen LogP contribution in [-0.2, 0) is 17.8 Å². The second-order valence-electron chi connectivity index (χ2n) is 5.61. The highest BCUT2D eigenvalue weighted by Gasteiger charge is 2.23. The molecule has 1 aromatic carbocycles. The Morgan fingerprint density at radius 3 is 2.88 bits per heavy atom. The maximum atomic E-state index is 12.4. The van der Waals surface area contributed by atoms with Crippen LogP contribution in [0.4, 0.5) is 0 Å². The lowest BCUT2D eigenvalue weighted by molar-refractivity contribution is -0.126. The van der Waals surface area contributed by atoms with Crippen molar-refractivity contribution < 1.29 is 9.21 Å². The van der Waals surface area contributed by atoms with Gasteiger partial charge in [-0.25, -0.2) is 4.98 Å². The van der Waals surface area contributed by atoms with Crippen molar-refractivity contribution in [2.75, 3.05) is 6.54 Å². The molecule has 1 amide bonds. The lowest BCUT2D eigenvalue weighted by Crippen LogP contribution is -2.34. The molecule has 0 spiro atoms. The van der Waals surface area contributed by atoms with Gasteiger partial charge in [0.1, 0.15) is 10.8 Å². The molecule has 4 nitrogen and oxygen atoms in total. The molecule has 0 saturated heterocycles. The minimum absolute atomic E-state index is 0.00621. The molecule has 2 aromatic heterocycles. The van der Waals surface area contributed by atoms with Gasteiger partial charge in [0.2, 0.25) is 5.91 Å². The number of rotatable bonds is 3. The maximum absolute atomic E-state index is 12.4. The first-order valence-corrected chi connectivity index (χ1v) is 8.66. The van der Waals surface area contributed by atoms with Gasteiger partial charge in [-0.3, -0.25) is 4.79 Å². The van der Waals surface area contributed by atoms with E-state index in [0.717, 1.165) is 22.7 Å². The highest BCUT2D eigenvalue weighted by atomic mass is 32.1. The van der Waals surface area contributed by atoms with E-state index in [1.807, 2.05) is 29.2 Å². The van der Waals surface area contributed by atoms with Gasteiger partial charge in [0.15, 0.2) is 0 Å². The number of hydrogen-bond acceptors (Lipinski definition) is 4. The van der Waals surface area contributed by atoms with E-state index in [9.17, 15) is 4.79 Å². The van der Waals surface area contributed by atoms with Gasteiger partial charge >= 0.3 is 0 Å². The smallest absolute Gasteiger partial charge is 0.247 e. The Labute approximate surface area is 144 Å². The number of hydrogen-bond donors (Lipinski definition) is 0. The van der Waals surface area contributed by atoms with Gasteiger partial charge in [-0.1, -0.05) is 30.3 Å². The molecule has 0 saturated carbocycles. The predicted octanol–water partition coefficient (Wildman–Crippen LogP) is 4.00. The van der Waals surface area contributed by atoms with Crippen LogP contribution >= 0.6 is 11.3 Å². The summed E-state index contributed by atoms with van der Waals surface area (Å²) in [7, 11) is 0. The Morgan fingerprint density at radius 1 is 1.21 bits per heavy atom. The summed E-state index contributed by atoms with van der Waals surface area (Å²) in [6, 6.07) is 13.8. The third-order valence-corrected chi connectivity index (χ3v) is 5.13. The quantitative estimate of drug-likeness (QED) is 0.679. The van der Waals surface area contributed by atoms with E-state index < -0.39 is 0 Å². The van der Waals surface area contributed by atoms with E-state index in [0.29, 0.717) is 18.8 Å². The number of nitrogens with zero attached hydrogens (tertiary/aromatic N) is 2. The molecule has 0 unspecified atom stereocenters. The zero-order chi connectivity index (χ0) is 16.4. The first-order chi connectivity index (χ1) is 11.8. The van der Waals surface area contributed by atoms with Crippen molar-refractivity contribution in [1.29, 1.82) is 0 Å². The normalized spacial score (nSPS) is 14.1. The summed E-state index contributed by atoms with van der Waals surface area (Å²) in [6.07, 6.45) is 5.68. The lowest BCUT2D eigenvalue weighted by Gasteiger charge is -2.24. The lowest BCUT2D eigenvalue weighted by atomic mass is 10.1. The highest BCUT2D eigenvalue weighted by molar-refractivity contribution is 7.15. The average Bonchev–Trinajstić information content (AvgIpc) is 3.29. The van der Waals surface area contributed by atoms with Crippen molar-refractivity contribution in [3.05, 3.63) is 71.1 Å². The molecule has 1 aliphatic rings. The summed E-state index contributed by atoms with van der Waals surface area (Å²) in [5, 5.41) is 1.03. The molecule has 0 radical (unpaired) electrons. The van der Waals surface area contributed by atoms with Crippen LogP contribution in [0.25, 0.3) is 16.6 Å². The Hall–Kier alpha value is -2.66. The number of fused-ring (bicyclic) bond motifs is 1. The standard InChI is InChI=1S/C19H16N2O2S/c22-18(9-8-15-7-4-12-23-15)21-11-10-16-17(13-21)24-19(20-16)14-5-2-1-3-6-14/h1-9,12H,10-11,13H2. The zero-order valence-corrected chi connectivity index (χ0v) is 13.8.